The number of methoxy groups -OCH3 is 1. The first-order valence-corrected chi connectivity index (χ1v) is 9.74. The zero-order valence-electron chi connectivity index (χ0n) is 17.1. The van der Waals surface area contributed by atoms with Crippen molar-refractivity contribution < 1.29 is 19.1 Å². The van der Waals surface area contributed by atoms with E-state index in [1.54, 1.807) is 17.3 Å². The summed E-state index contributed by atoms with van der Waals surface area (Å²) in [5.41, 5.74) is 3.44. The Hall–Kier alpha value is -3.09. The number of likely N-dealkylation sites (tertiary alicyclic amines) is 1. The van der Waals surface area contributed by atoms with E-state index in [2.05, 4.69) is 10.3 Å². The molecule has 1 saturated heterocycles. The van der Waals surface area contributed by atoms with Crippen LogP contribution in [0.25, 0.3) is 0 Å². The number of nitrogens with zero attached hydrogens (tertiary/aromatic N) is 2. The first-order chi connectivity index (χ1) is 14.0. The number of rotatable bonds is 5. The molecule has 1 aliphatic heterocycles. The number of aryl methyl sites for hydroxylation is 2. The molecule has 0 unspecified atom stereocenters. The lowest BCUT2D eigenvalue weighted by atomic mass is 10.0. The van der Waals surface area contributed by atoms with Crippen molar-refractivity contribution in [2.45, 2.75) is 39.3 Å². The van der Waals surface area contributed by atoms with Crippen LogP contribution < -0.4 is 10.1 Å². The molecule has 7 heteroatoms. The van der Waals surface area contributed by atoms with Crippen LogP contribution in [0, 0.1) is 13.8 Å². The average molecular weight is 397 g/mol. The third-order valence-corrected chi connectivity index (χ3v) is 5.09. The molecule has 1 aromatic carbocycles. The summed E-state index contributed by atoms with van der Waals surface area (Å²) in [6.45, 7) is 5.47. The van der Waals surface area contributed by atoms with E-state index >= 15 is 0 Å². The number of hydrogen-bond acceptors (Lipinski definition) is 5. The molecule has 7 nitrogen and oxygen atoms in total. The minimum absolute atomic E-state index is 0.0468. The number of benzene rings is 1. The van der Waals surface area contributed by atoms with Gasteiger partial charge in [-0.05, 0) is 56.0 Å². The van der Waals surface area contributed by atoms with Crippen LogP contribution in [0.4, 0.5) is 4.79 Å². The molecule has 2 aromatic rings. The summed E-state index contributed by atoms with van der Waals surface area (Å²) < 4.78 is 10.7. The molecule has 0 aliphatic carbocycles. The zero-order chi connectivity index (χ0) is 20.8. The van der Waals surface area contributed by atoms with Crippen molar-refractivity contribution in [3.05, 3.63) is 58.9 Å². The Morgan fingerprint density at radius 2 is 1.90 bits per heavy atom. The lowest BCUT2D eigenvalue weighted by Crippen LogP contribution is -2.46. The Morgan fingerprint density at radius 1 is 1.21 bits per heavy atom. The number of ether oxygens (including phenoxy) is 2. The number of carbonyl (C=O) groups is 2. The minimum Gasteiger partial charge on any atom is -0.488 e. The quantitative estimate of drug-likeness (QED) is 0.838. The molecular weight excluding hydrogens is 370 g/mol. The number of amides is 2. The molecule has 1 aliphatic rings. The molecular formula is C22H27N3O4. The smallest absolute Gasteiger partial charge is 0.409 e. The highest BCUT2D eigenvalue weighted by atomic mass is 16.5. The van der Waals surface area contributed by atoms with Crippen molar-refractivity contribution in [1.82, 2.24) is 15.2 Å². The Kier molecular flexibility index (Phi) is 6.69. The van der Waals surface area contributed by atoms with Gasteiger partial charge in [-0.15, -0.1) is 0 Å². The fraction of sp³-hybridized carbons (Fsp3) is 0.409. The molecule has 0 spiro atoms. The van der Waals surface area contributed by atoms with Crippen LogP contribution in [-0.4, -0.2) is 48.1 Å². The summed E-state index contributed by atoms with van der Waals surface area (Å²) in [5, 5.41) is 3.08. The Morgan fingerprint density at radius 3 is 2.48 bits per heavy atom. The molecule has 0 atom stereocenters. The SMILES string of the molecule is COC(=O)N1CCC(NC(=O)c2cc(C)c(OCc3cccnc3)c(C)c2)CC1. The second kappa shape index (κ2) is 9.41. The van der Waals surface area contributed by atoms with Crippen LogP contribution in [0.15, 0.2) is 36.7 Å². The first kappa shape index (κ1) is 20.6. The molecule has 1 N–H and O–H groups in total. The normalized spacial score (nSPS) is 14.4. The first-order valence-electron chi connectivity index (χ1n) is 9.74. The number of nitrogens with one attached hydrogen (secondary N) is 1. The Labute approximate surface area is 171 Å². The number of pyridine rings is 1. The fourth-order valence-corrected chi connectivity index (χ4v) is 3.55. The summed E-state index contributed by atoms with van der Waals surface area (Å²) in [6.07, 6.45) is 4.61. The predicted octanol–water partition coefficient (Wildman–Crippen LogP) is 3.24. The van der Waals surface area contributed by atoms with Gasteiger partial charge < -0.3 is 19.7 Å². The van der Waals surface area contributed by atoms with Crippen LogP contribution >= 0.6 is 0 Å². The van der Waals surface area contributed by atoms with Gasteiger partial charge in [-0.1, -0.05) is 6.07 Å². The summed E-state index contributed by atoms with van der Waals surface area (Å²) in [5.74, 6) is 0.684. The molecule has 0 saturated carbocycles. The Bertz CT molecular complexity index is 839. The summed E-state index contributed by atoms with van der Waals surface area (Å²) in [6, 6.07) is 7.59. The third-order valence-electron chi connectivity index (χ3n) is 5.09. The molecule has 2 amide bonds. The minimum atomic E-state index is -0.317. The fourth-order valence-electron chi connectivity index (χ4n) is 3.55. The molecule has 0 bridgehead atoms. The van der Waals surface area contributed by atoms with Gasteiger partial charge in [0.2, 0.25) is 0 Å². The van der Waals surface area contributed by atoms with E-state index in [0.29, 0.717) is 38.1 Å². The third kappa shape index (κ3) is 5.25. The van der Waals surface area contributed by atoms with Gasteiger partial charge in [-0.25, -0.2) is 4.79 Å². The van der Waals surface area contributed by atoms with Crippen molar-refractivity contribution in [3.8, 4) is 5.75 Å². The van der Waals surface area contributed by atoms with Crippen LogP contribution in [0.5, 0.6) is 5.75 Å². The van der Waals surface area contributed by atoms with Gasteiger partial charge >= 0.3 is 6.09 Å². The van der Waals surface area contributed by atoms with Gasteiger partial charge in [-0.3, -0.25) is 9.78 Å². The van der Waals surface area contributed by atoms with Crippen LogP contribution in [-0.2, 0) is 11.3 Å². The van der Waals surface area contributed by atoms with Gasteiger partial charge in [0, 0.05) is 42.7 Å². The molecule has 2 heterocycles. The summed E-state index contributed by atoms with van der Waals surface area (Å²) in [7, 11) is 1.38. The second-order valence-corrected chi connectivity index (χ2v) is 7.29. The summed E-state index contributed by atoms with van der Waals surface area (Å²) in [4.78, 5) is 30.0. The van der Waals surface area contributed by atoms with E-state index < -0.39 is 0 Å². The van der Waals surface area contributed by atoms with E-state index in [0.717, 1.165) is 22.4 Å². The number of hydrogen-bond donors (Lipinski definition) is 1. The lowest BCUT2D eigenvalue weighted by Gasteiger charge is -2.31. The number of carbonyl (C=O) groups excluding carboxylic acids is 2. The highest BCUT2D eigenvalue weighted by molar-refractivity contribution is 5.95. The maximum absolute atomic E-state index is 12.7. The molecule has 1 fully saturated rings. The maximum atomic E-state index is 12.7. The van der Waals surface area contributed by atoms with Crippen molar-refractivity contribution in [2.24, 2.45) is 0 Å². The van der Waals surface area contributed by atoms with Crippen LogP contribution in [0.2, 0.25) is 0 Å². The largest absolute Gasteiger partial charge is 0.488 e. The molecule has 154 valence electrons. The molecule has 1 aromatic heterocycles. The van der Waals surface area contributed by atoms with E-state index in [1.165, 1.54) is 7.11 Å². The van der Waals surface area contributed by atoms with E-state index in [9.17, 15) is 9.59 Å². The monoisotopic (exact) mass is 397 g/mol. The highest BCUT2D eigenvalue weighted by Crippen LogP contribution is 2.26. The van der Waals surface area contributed by atoms with E-state index in [4.69, 9.17) is 9.47 Å². The predicted molar refractivity (Wildman–Crippen MR) is 109 cm³/mol. The van der Waals surface area contributed by atoms with Gasteiger partial charge in [0.05, 0.1) is 7.11 Å². The van der Waals surface area contributed by atoms with Crippen molar-refractivity contribution >= 4 is 12.0 Å². The zero-order valence-corrected chi connectivity index (χ0v) is 17.1. The molecule has 0 radical (unpaired) electrons. The second-order valence-electron chi connectivity index (χ2n) is 7.29. The summed E-state index contributed by atoms with van der Waals surface area (Å²) >= 11 is 0. The van der Waals surface area contributed by atoms with Gasteiger partial charge in [-0.2, -0.15) is 0 Å². The van der Waals surface area contributed by atoms with Gasteiger partial charge in [0.15, 0.2) is 0 Å². The van der Waals surface area contributed by atoms with Crippen LogP contribution in [0.1, 0.15) is 39.9 Å². The van der Waals surface area contributed by atoms with E-state index in [-0.39, 0.29) is 18.0 Å². The highest BCUT2D eigenvalue weighted by Gasteiger charge is 2.24. The van der Waals surface area contributed by atoms with Gasteiger partial charge in [0.25, 0.3) is 5.91 Å². The lowest BCUT2D eigenvalue weighted by molar-refractivity contribution is 0.0892. The molecule has 29 heavy (non-hydrogen) atoms. The number of aromatic nitrogens is 1. The molecule has 3 rings (SSSR count). The van der Waals surface area contributed by atoms with Crippen molar-refractivity contribution in [2.75, 3.05) is 20.2 Å². The van der Waals surface area contributed by atoms with Crippen LogP contribution in [0.3, 0.4) is 0 Å². The van der Waals surface area contributed by atoms with Gasteiger partial charge in [0.1, 0.15) is 12.4 Å². The number of piperidine rings is 1. The van der Waals surface area contributed by atoms with Crippen molar-refractivity contribution in [1.29, 1.82) is 0 Å². The average Bonchev–Trinajstić information content (AvgIpc) is 2.73. The maximum Gasteiger partial charge on any atom is 0.409 e. The topological polar surface area (TPSA) is 80.8 Å². The van der Waals surface area contributed by atoms with Crippen molar-refractivity contribution in [3.63, 3.8) is 0 Å². The Balaban J connectivity index is 1.59. The van der Waals surface area contributed by atoms with E-state index in [1.807, 2.05) is 38.1 Å². The standard InChI is InChI=1S/C22H27N3O4/c1-15-11-18(12-16(2)20(15)29-14-17-5-4-8-23-13-17)21(26)24-19-6-9-25(10-7-19)22(27)28-3/h4-5,8,11-13,19H,6-7,9-10,14H2,1-3H3,(H,24,26).